The third kappa shape index (κ3) is 5.48. The molecule has 0 unspecified atom stereocenters. The van der Waals surface area contributed by atoms with Gasteiger partial charge in [0.1, 0.15) is 11.7 Å². The van der Waals surface area contributed by atoms with Gasteiger partial charge < -0.3 is 35.4 Å². The fourth-order valence-electron chi connectivity index (χ4n) is 4.53. The van der Waals surface area contributed by atoms with E-state index in [0.29, 0.717) is 0 Å². The maximum atomic E-state index is 12.6. The molecule has 0 aromatic heterocycles. The summed E-state index contributed by atoms with van der Waals surface area (Å²) in [6.07, 6.45) is -6.06. The zero-order chi connectivity index (χ0) is 22.9. The van der Waals surface area contributed by atoms with E-state index in [9.17, 15) is 35.4 Å². The molecule has 0 radical (unpaired) electrons. The van der Waals surface area contributed by atoms with Crippen molar-refractivity contribution in [2.24, 2.45) is 23.7 Å². The van der Waals surface area contributed by atoms with Crippen LogP contribution in [0, 0.1) is 23.7 Å². The highest BCUT2D eigenvalue weighted by atomic mass is 16.6. The van der Waals surface area contributed by atoms with Crippen molar-refractivity contribution in [1.29, 1.82) is 0 Å². The Balaban J connectivity index is 3.40. The van der Waals surface area contributed by atoms with E-state index >= 15 is 0 Å². The van der Waals surface area contributed by atoms with Crippen LogP contribution in [0.25, 0.3) is 0 Å². The topological polar surface area (TPSA) is 148 Å². The molecule has 0 aromatic rings. The summed E-state index contributed by atoms with van der Waals surface area (Å²) in [7, 11) is 0. The molecule has 6 N–H and O–H groups in total. The number of ether oxygens (including phenoxy) is 1. The molecule has 1 rings (SSSR count). The van der Waals surface area contributed by atoms with Gasteiger partial charge in [-0.3, -0.25) is 4.79 Å². The Morgan fingerprint density at radius 3 is 1.90 bits per heavy atom. The van der Waals surface area contributed by atoms with Crippen LogP contribution in [0.3, 0.4) is 0 Å². The van der Waals surface area contributed by atoms with E-state index in [1.165, 1.54) is 27.7 Å². The SMILES string of the molecule is CC[C@H]1OC(=O)[C@H](C)[C@@H](O)[C@H](C)[C@@H](O)[C@](C)(O)C[C@@H](C)[C@H](O)[C@H](C)[C@@H](O)[C@]1(C)O. The maximum Gasteiger partial charge on any atom is 0.311 e. The Kier molecular flexibility index (Phi) is 8.67. The third-order valence-corrected chi connectivity index (χ3v) is 6.79. The van der Waals surface area contributed by atoms with Gasteiger partial charge >= 0.3 is 5.97 Å². The van der Waals surface area contributed by atoms with Crippen molar-refractivity contribution >= 4 is 5.97 Å². The van der Waals surface area contributed by atoms with Gasteiger partial charge in [-0.1, -0.05) is 27.7 Å². The van der Waals surface area contributed by atoms with E-state index in [1.807, 2.05) is 0 Å². The lowest BCUT2D eigenvalue weighted by Crippen LogP contribution is -2.57. The van der Waals surface area contributed by atoms with Crippen LogP contribution in [0.1, 0.15) is 61.3 Å². The van der Waals surface area contributed by atoms with Gasteiger partial charge in [-0.25, -0.2) is 0 Å². The number of aliphatic hydroxyl groups is 6. The molecule has 1 saturated heterocycles. The second kappa shape index (κ2) is 9.58. The predicted molar refractivity (Wildman–Crippen MR) is 107 cm³/mol. The van der Waals surface area contributed by atoms with Gasteiger partial charge in [-0.2, -0.15) is 0 Å². The summed E-state index contributed by atoms with van der Waals surface area (Å²) in [4.78, 5) is 12.6. The number of aliphatic hydroxyl groups excluding tert-OH is 4. The summed E-state index contributed by atoms with van der Waals surface area (Å²) in [5.41, 5.74) is -3.50. The number of carbonyl (C=O) groups is 1. The van der Waals surface area contributed by atoms with Crippen molar-refractivity contribution in [3.8, 4) is 0 Å². The molecule has 0 aromatic carbocycles. The fourth-order valence-corrected chi connectivity index (χ4v) is 4.53. The smallest absolute Gasteiger partial charge is 0.311 e. The monoisotopic (exact) mass is 420 g/mol. The van der Waals surface area contributed by atoms with Gasteiger partial charge in [-0.15, -0.1) is 0 Å². The molecule has 8 heteroatoms. The fraction of sp³-hybridized carbons (Fsp3) is 0.952. The lowest BCUT2D eigenvalue weighted by Gasteiger charge is -2.43. The Hall–Kier alpha value is -0.770. The van der Waals surface area contributed by atoms with Crippen LogP contribution in [-0.2, 0) is 9.53 Å². The number of hydrogen-bond donors (Lipinski definition) is 6. The Bertz CT molecular complexity index is 549. The molecule has 11 atom stereocenters. The van der Waals surface area contributed by atoms with Crippen molar-refractivity contribution in [3.63, 3.8) is 0 Å². The van der Waals surface area contributed by atoms with Crippen LogP contribution in [0.5, 0.6) is 0 Å². The Morgan fingerprint density at radius 2 is 1.41 bits per heavy atom. The molecule has 0 saturated carbocycles. The highest BCUT2D eigenvalue weighted by Gasteiger charge is 2.48. The van der Waals surface area contributed by atoms with E-state index in [1.54, 1.807) is 20.8 Å². The number of esters is 1. The summed E-state index contributed by atoms with van der Waals surface area (Å²) in [6, 6.07) is 0. The number of cyclic esters (lactones) is 1. The number of rotatable bonds is 1. The standard InChI is InChI=1S/C21H40O8/c1-8-14-21(7,28)18(25)11(3)15(22)10(2)9-20(6,27)17(24)12(4)16(23)13(5)19(26)29-14/h10-18,22-25,27-28H,8-9H2,1-7H3/t10-,11+,12+,13-,14-,15+,16+,17-,18-,20-,21-/m1/s1. The molecular formula is C21H40O8. The highest BCUT2D eigenvalue weighted by molar-refractivity contribution is 5.73. The average Bonchev–Trinajstić information content (AvgIpc) is 2.66. The lowest BCUT2D eigenvalue weighted by atomic mass is 9.73. The first-order chi connectivity index (χ1) is 13.1. The molecule has 0 amide bonds. The molecule has 8 nitrogen and oxygen atoms in total. The minimum absolute atomic E-state index is 0.0123. The Labute approximate surface area is 173 Å². The quantitative estimate of drug-likeness (QED) is 0.330. The van der Waals surface area contributed by atoms with Crippen LogP contribution in [-0.4, -0.2) is 78.3 Å². The van der Waals surface area contributed by atoms with Crippen molar-refractivity contribution in [3.05, 3.63) is 0 Å². The van der Waals surface area contributed by atoms with E-state index in [2.05, 4.69) is 0 Å². The first-order valence-corrected chi connectivity index (χ1v) is 10.5. The Morgan fingerprint density at radius 1 is 0.931 bits per heavy atom. The van der Waals surface area contributed by atoms with Gasteiger partial charge in [0.25, 0.3) is 0 Å². The summed E-state index contributed by atoms with van der Waals surface area (Å²) >= 11 is 0. The first kappa shape index (κ1) is 26.3. The summed E-state index contributed by atoms with van der Waals surface area (Å²) in [6.45, 7) is 10.7. The second-order valence-electron chi connectivity index (χ2n) is 9.48. The zero-order valence-corrected chi connectivity index (χ0v) is 18.6. The molecule has 1 heterocycles. The van der Waals surface area contributed by atoms with E-state index < -0.39 is 71.4 Å². The molecule has 1 aliphatic rings. The third-order valence-electron chi connectivity index (χ3n) is 6.79. The lowest BCUT2D eigenvalue weighted by molar-refractivity contribution is -0.202. The van der Waals surface area contributed by atoms with Gasteiger partial charge in [0.05, 0.1) is 35.9 Å². The van der Waals surface area contributed by atoms with Crippen molar-refractivity contribution in [1.82, 2.24) is 0 Å². The first-order valence-electron chi connectivity index (χ1n) is 10.5. The maximum absolute atomic E-state index is 12.6. The molecule has 29 heavy (non-hydrogen) atoms. The van der Waals surface area contributed by atoms with Crippen LogP contribution in [0.2, 0.25) is 0 Å². The minimum Gasteiger partial charge on any atom is -0.459 e. The predicted octanol–water partition coefficient (Wildman–Crippen LogP) is 0.202. The zero-order valence-electron chi connectivity index (χ0n) is 18.6. The van der Waals surface area contributed by atoms with Crippen molar-refractivity contribution < 1.29 is 40.2 Å². The largest absolute Gasteiger partial charge is 0.459 e. The van der Waals surface area contributed by atoms with E-state index in [4.69, 9.17) is 4.74 Å². The second-order valence-corrected chi connectivity index (χ2v) is 9.48. The summed E-state index contributed by atoms with van der Waals surface area (Å²) < 4.78 is 5.42. The van der Waals surface area contributed by atoms with Crippen molar-refractivity contribution in [2.45, 2.75) is 103 Å². The number of carbonyl (C=O) groups excluding carboxylic acids is 1. The molecular weight excluding hydrogens is 380 g/mol. The van der Waals surface area contributed by atoms with Gasteiger partial charge in [0.2, 0.25) is 0 Å². The summed E-state index contributed by atoms with van der Waals surface area (Å²) in [5.74, 6) is -4.00. The molecule has 1 aliphatic heterocycles. The van der Waals surface area contributed by atoms with Gasteiger partial charge in [-0.05, 0) is 39.5 Å². The van der Waals surface area contributed by atoms with Crippen LogP contribution >= 0.6 is 0 Å². The minimum atomic E-state index is -1.84. The summed E-state index contributed by atoms with van der Waals surface area (Å²) in [5, 5.41) is 64.5. The molecule has 172 valence electrons. The van der Waals surface area contributed by atoms with Crippen LogP contribution in [0.15, 0.2) is 0 Å². The number of hydrogen-bond acceptors (Lipinski definition) is 8. The molecule has 0 aliphatic carbocycles. The normalized spacial score (nSPS) is 51.2. The molecule has 1 fully saturated rings. The van der Waals surface area contributed by atoms with Gasteiger partial charge in [0, 0.05) is 11.8 Å². The van der Waals surface area contributed by atoms with Gasteiger partial charge in [0.15, 0.2) is 0 Å². The molecule has 0 bridgehead atoms. The van der Waals surface area contributed by atoms with Crippen LogP contribution < -0.4 is 0 Å². The van der Waals surface area contributed by atoms with E-state index in [0.717, 1.165) is 0 Å². The molecule has 0 spiro atoms. The van der Waals surface area contributed by atoms with Crippen molar-refractivity contribution in [2.75, 3.05) is 0 Å². The average molecular weight is 421 g/mol. The highest BCUT2D eigenvalue weighted by Crippen LogP contribution is 2.35. The van der Waals surface area contributed by atoms with Crippen LogP contribution in [0.4, 0.5) is 0 Å². The van der Waals surface area contributed by atoms with E-state index in [-0.39, 0.29) is 12.8 Å².